The zero-order valence-corrected chi connectivity index (χ0v) is 18.2. The molecule has 6 nitrogen and oxygen atoms in total. The third-order valence-electron chi connectivity index (χ3n) is 6.57. The fraction of sp³-hybridized carbons (Fsp3) is 0.583. The monoisotopic (exact) mass is 410 g/mol. The molecule has 2 atom stereocenters. The Morgan fingerprint density at radius 2 is 1.93 bits per heavy atom. The number of nitrogens with one attached hydrogen (secondary N) is 1. The maximum absolute atomic E-state index is 12.5. The molecule has 6 heteroatoms. The zero-order chi connectivity index (χ0) is 20.9. The van der Waals surface area contributed by atoms with Crippen molar-refractivity contribution in [1.29, 1.82) is 0 Å². The van der Waals surface area contributed by atoms with Crippen molar-refractivity contribution in [3.63, 3.8) is 0 Å². The van der Waals surface area contributed by atoms with Gasteiger partial charge in [0.15, 0.2) is 0 Å². The Morgan fingerprint density at radius 1 is 1.17 bits per heavy atom. The van der Waals surface area contributed by atoms with Crippen LogP contribution in [0.3, 0.4) is 0 Å². The van der Waals surface area contributed by atoms with E-state index >= 15 is 0 Å². The molecule has 0 aliphatic carbocycles. The van der Waals surface area contributed by atoms with E-state index in [1.54, 1.807) is 6.07 Å². The fourth-order valence-electron chi connectivity index (χ4n) is 4.79. The van der Waals surface area contributed by atoms with E-state index in [0.717, 1.165) is 44.7 Å². The lowest BCUT2D eigenvalue weighted by atomic mass is 9.85. The molecule has 1 aromatic carbocycles. The number of H-pyrrole nitrogens is 1. The van der Waals surface area contributed by atoms with Gasteiger partial charge in [0.05, 0.1) is 13.2 Å². The van der Waals surface area contributed by atoms with Gasteiger partial charge in [-0.2, -0.15) is 4.98 Å². The minimum absolute atomic E-state index is 0.0791. The zero-order valence-electron chi connectivity index (χ0n) is 18.2. The van der Waals surface area contributed by atoms with Crippen LogP contribution in [0.4, 0.5) is 11.8 Å². The number of aromatic amines is 1. The van der Waals surface area contributed by atoms with Crippen LogP contribution in [0.15, 0.2) is 41.2 Å². The van der Waals surface area contributed by atoms with Crippen molar-refractivity contribution in [2.45, 2.75) is 45.6 Å². The van der Waals surface area contributed by atoms with Gasteiger partial charge in [-0.05, 0) is 43.1 Å². The summed E-state index contributed by atoms with van der Waals surface area (Å²) in [6.45, 7) is 8.51. The number of nitrogens with zero attached hydrogens (tertiary/aromatic N) is 3. The lowest BCUT2D eigenvalue weighted by molar-refractivity contribution is 0.122. The smallest absolute Gasteiger partial charge is 0.254 e. The van der Waals surface area contributed by atoms with Crippen LogP contribution in [0.5, 0.6) is 0 Å². The lowest BCUT2D eigenvalue weighted by Crippen LogP contribution is -2.41. The van der Waals surface area contributed by atoms with E-state index in [-0.39, 0.29) is 5.56 Å². The first-order chi connectivity index (χ1) is 14.6. The summed E-state index contributed by atoms with van der Waals surface area (Å²) < 4.78 is 5.47. The summed E-state index contributed by atoms with van der Waals surface area (Å²) in [5, 5.41) is 0. The Balaban J connectivity index is 1.65. The van der Waals surface area contributed by atoms with Crippen LogP contribution in [0.1, 0.15) is 38.7 Å². The summed E-state index contributed by atoms with van der Waals surface area (Å²) in [5.74, 6) is 2.84. The van der Waals surface area contributed by atoms with Crippen LogP contribution in [-0.4, -0.2) is 48.9 Å². The summed E-state index contributed by atoms with van der Waals surface area (Å²) in [6, 6.07) is 12.6. The quantitative estimate of drug-likeness (QED) is 0.818. The van der Waals surface area contributed by atoms with E-state index in [9.17, 15) is 4.79 Å². The molecule has 0 spiro atoms. The van der Waals surface area contributed by atoms with Crippen LogP contribution in [0.25, 0.3) is 0 Å². The van der Waals surface area contributed by atoms with E-state index in [1.165, 1.54) is 12.0 Å². The second-order valence-corrected chi connectivity index (χ2v) is 8.95. The van der Waals surface area contributed by atoms with E-state index in [2.05, 4.69) is 59.0 Å². The number of aromatic nitrogens is 2. The van der Waals surface area contributed by atoms with Crippen LogP contribution < -0.4 is 15.4 Å². The van der Waals surface area contributed by atoms with E-state index in [0.29, 0.717) is 37.0 Å². The molecule has 0 unspecified atom stereocenters. The van der Waals surface area contributed by atoms with E-state index < -0.39 is 0 Å². The Kier molecular flexibility index (Phi) is 6.72. The predicted octanol–water partition coefficient (Wildman–Crippen LogP) is 3.48. The van der Waals surface area contributed by atoms with Gasteiger partial charge >= 0.3 is 0 Å². The Labute approximate surface area is 179 Å². The first kappa shape index (κ1) is 20.9. The van der Waals surface area contributed by atoms with Crippen LogP contribution in [-0.2, 0) is 11.2 Å². The maximum atomic E-state index is 12.5. The molecule has 1 aromatic heterocycles. The van der Waals surface area contributed by atoms with Crippen molar-refractivity contribution < 1.29 is 4.74 Å². The summed E-state index contributed by atoms with van der Waals surface area (Å²) in [6.07, 6.45) is 4.44. The standard InChI is InChI=1S/C24H34N4O2/c1-18(2)20-9-6-10-28(21(16-20)15-19-7-4-3-5-8-19)24-25-22(17-23(29)26-24)27-11-13-30-14-12-27/h3-5,7-8,17-18,20-21H,6,9-16H2,1-2H3,(H,25,26,29)/t20-,21+/m1/s1. The van der Waals surface area contributed by atoms with Crippen molar-refractivity contribution in [2.75, 3.05) is 42.6 Å². The molecule has 1 N–H and O–H groups in total. The van der Waals surface area contributed by atoms with Gasteiger partial charge < -0.3 is 14.5 Å². The molecule has 2 fully saturated rings. The van der Waals surface area contributed by atoms with Crippen molar-refractivity contribution in [3.8, 4) is 0 Å². The SMILES string of the molecule is CC(C)[C@@H]1CCCN(c2nc(N3CCOCC3)cc(=O)[nH]2)[C@@H](Cc2ccccc2)C1. The third-order valence-corrected chi connectivity index (χ3v) is 6.57. The Bertz CT molecular complexity index is 861. The molecule has 3 heterocycles. The number of morpholine rings is 1. The number of ether oxygens (including phenoxy) is 1. The predicted molar refractivity (Wildman–Crippen MR) is 121 cm³/mol. The van der Waals surface area contributed by atoms with Crippen molar-refractivity contribution in [2.24, 2.45) is 11.8 Å². The highest BCUT2D eigenvalue weighted by Gasteiger charge is 2.30. The van der Waals surface area contributed by atoms with Crippen LogP contribution >= 0.6 is 0 Å². The first-order valence-electron chi connectivity index (χ1n) is 11.3. The van der Waals surface area contributed by atoms with Crippen molar-refractivity contribution in [1.82, 2.24) is 9.97 Å². The largest absolute Gasteiger partial charge is 0.378 e. The summed E-state index contributed by atoms with van der Waals surface area (Å²) in [5.41, 5.74) is 1.26. The van der Waals surface area contributed by atoms with Gasteiger partial charge in [-0.25, -0.2) is 0 Å². The number of anilines is 2. The molecule has 2 saturated heterocycles. The molecular weight excluding hydrogens is 376 g/mol. The summed E-state index contributed by atoms with van der Waals surface area (Å²) in [4.78, 5) is 25.0. The van der Waals surface area contributed by atoms with Gasteiger partial charge in [-0.15, -0.1) is 0 Å². The number of rotatable bonds is 5. The molecule has 0 amide bonds. The maximum Gasteiger partial charge on any atom is 0.254 e. The molecule has 2 aromatic rings. The molecular formula is C24H34N4O2. The molecule has 2 aliphatic heterocycles. The molecule has 30 heavy (non-hydrogen) atoms. The number of benzene rings is 1. The Hall–Kier alpha value is -2.34. The van der Waals surface area contributed by atoms with E-state index in [1.807, 2.05) is 0 Å². The second kappa shape index (κ2) is 9.65. The summed E-state index contributed by atoms with van der Waals surface area (Å²) >= 11 is 0. The topological polar surface area (TPSA) is 61.5 Å². The molecule has 4 rings (SSSR count). The van der Waals surface area contributed by atoms with Gasteiger partial charge in [0.25, 0.3) is 5.56 Å². The fourth-order valence-corrected chi connectivity index (χ4v) is 4.79. The van der Waals surface area contributed by atoms with E-state index in [4.69, 9.17) is 9.72 Å². The lowest BCUT2D eigenvalue weighted by Gasteiger charge is -2.33. The number of hydrogen-bond acceptors (Lipinski definition) is 5. The molecule has 0 bridgehead atoms. The minimum atomic E-state index is -0.0791. The van der Waals surface area contributed by atoms with Crippen molar-refractivity contribution in [3.05, 3.63) is 52.3 Å². The van der Waals surface area contributed by atoms with Gasteiger partial charge in [-0.3, -0.25) is 9.78 Å². The van der Waals surface area contributed by atoms with Gasteiger partial charge in [0.1, 0.15) is 5.82 Å². The van der Waals surface area contributed by atoms with Gasteiger partial charge in [-0.1, -0.05) is 44.2 Å². The molecule has 0 saturated carbocycles. The first-order valence-corrected chi connectivity index (χ1v) is 11.3. The van der Waals surface area contributed by atoms with Gasteiger partial charge in [0.2, 0.25) is 5.95 Å². The second-order valence-electron chi connectivity index (χ2n) is 8.95. The van der Waals surface area contributed by atoms with Crippen molar-refractivity contribution >= 4 is 11.8 Å². The molecule has 162 valence electrons. The van der Waals surface area contributed by atoms with Crippen LogP contribution in [0, 0.1) is 11.8 Å². The van der Waals surface area contributed by atoms with Gasteiger partial charge in [0, 0.05) is 31.7 Å². The average Bonchev–Trinajstić information content (AvgIpc) is 2.97. The normalized spacial score (nSPS) is 22.9. The highest BCUT2D eigenvalue weighted by Crippen LogP contribution is 2.32. The highest BCUT2D eigenvalue weighted by molar-refractivity contribution is 5.45. The summed E-state index contributed by atoms with van der Waals surface area (Å²) in [7, 11) is 0. The average molecular weight is 411 g/mol. The number of hydrogen-bond donors (Lipinski definition) is 1. The Morgan fingerprint density at radius 3 is 2.67 bits per heavy atom. The molecule has 2 aliphatic rings. The highest BCUT2D eigenvalue weighted by atomic mass is 16.5. The molecule has 0 radical (unpaired) electrons. The third kappa shape index (κ3) is 5.04. The minimum Gasteiger partial charge on any atom is -0.378 e. The van der Waals surface area contributed by atoms with Crippen LogP contribution in [0.2, 0.25) is 0 Å².